The van der Waals surface area contributed by atoms with Crippen molar-refractivity contribution >= 4 is 5.96 Å². The maximum atomic E-state index is 13.8. The molecule has 1 saturated heterocycles. The van der Waals surface area contributed by atoms with Gasteiger partial charge in [0.2, 0.25) is 0 Å². The van der Waals surface area contributed by atoms with Gasteiger partial charge in [-0.05, 0) is 51.0 Å². The Kier molecular flexibility index (Phi) is 8.44. The van der Waals surface area contributed by atoms with Crippen LogP contribution in [0.5, 0.6) is 5.75 Å². The molecule has 3 rings (SSSR count). The predicted molar refractivity (Wildman–Crippen MR) is 118 cm³/mol. The molecule has 162 valence electrons. The minimum Gasteiger partial charge on any atom is -0.486 e. The van der Waals surface area contributed by atoms with Crippen LogP contribution in [0.3, 0.4) is 0 Å². The van der Waals surface area contributed by atoms with Crippen LogP contribution >= 0.6 is 0 Å². The number of piperidine rings is 1. The Morgan fingerprint density at radius 3 is 2.70 bits per heavy atom. The molecular formula is C23H32FN5O. The number of benzene rings is 1. The molecule has 0 bridgehead atoms. The lowest BCUT2D eigenvalue weighted by Crippen LogP contribution is -2.48. The van der Waals surface area contributed by atoms with Crippen molar-refractivity contribution in [2.45, 2.75) is 45.4 Å². The lowest BCUT2D eigenvalue weighted by atomic mass is 10.0. The van der Waals surface area contributed by atoms with Gasteiger partial charge < -0.3 is 15.4 Å². The zero-order valence-electron chi connectivity index (χ0n) is 17.9. The van der Waals surface area contributed by atoms with Crippen molar-refractivity contribution in [1.82, 2.24) is 20.5 Å². The van der Waals surface area contributed by atoms with Crippen LogP contribution in [0.25, 0.3) is 0 Å². The number of hydrogen-bond donors (Lipinski definition) is 2. The fraction of sp³-hybridized carbons (Fsp3) is 0.478. The number of halogens is 1. The first-order valence-electron chi connectivity index (χ1n) is 10.7. The molecule has 1 aliphatic heterocycles. The summed E-state index contributed by atoms with van der Waals surface area (Å²) in [6.07, 6.45) is 3.73. The fourth-order valence-electron chi connectivity index (χ4n) is 3.48. The van der Waals surface area contributed by atoms with Crippen molar-refractivity contribution in [2.75, 3.05) is 26.2 Å². The summed E-state index contributed by atoms with van der Waals surface area (Å²) in [7, 11) is 0. The second-order valence-electron chi connectivity index (χ2n) is 7.59. The molecule has 1 fully saturated rings. The van der Waals surface area contributed by atoms with Crippen molar-refractivity contribution in [3.05, 3.63) is 60.2 Å². The molecule has 1 aromatic carbocycles. The minimum atomic E-state index is -0.351. The molecule has 1 aromatic heterocycles. The van der Waals surface area contributed by atoms with Gasteiger partial charge in [0.25, 0.3) is 0 Å². The van der Waals surface area contributed by atoms with Crippen molar-refractivity contribution in [3.8, 4) is 5.75 Å². The van der Waals surface area contributed by atoms with Gasteiger partial charge in [0, 0.05) is 38.4 Å². The number of aromatic nitrogens is 1. The van der Waals surface area contributed by atoms with E-state index >= 15 is 0 Å². The number of hydrogen-bond acceptors (Lipinski definition) is 4. The number of aliphatic imine (C=N–C) groups is 1. The van der Waals surface area contributed by atoms with Gasteiger partial charge in [0.15, 0.2) is 17.5 Å². The average Bonchev–Trinajstić information content (AvgIpc) is 2.76. The number of nitrogens with zero attached hydrogens (tertiary/aromatic N) is 3. The lowest BCUT2D eigenvalue weighted by molar-refractivity contribution is 0.196. The van der Waals surface area contributed by atoms with E-state index in [-0.39, 0.29) is 17.7 Å². The molecule has 6 nitrogen and oxygen atoms in total. The summed E-state index contributed by atoms with van der Waals surface area (Å²) in [5, 5.41) is 6.84. The standard InChI is InChI=1S/C23H32FN5O/c1-3-25-23(27-16-18(2)30-22-10-5-4-9-21(22)24)28-19-11-14-29(15-12-19)17-20-8-6-7-13-26-20/h4-10,13,18-19H,3,11-12,14-17H2,1-2H3,(H2,25,27,28). The van der Waals surface area contributed by atoms with Crippen LogP contribution in [0.1, 0.15) is 32.4 Å². The SMILES string of the molecule is CCNC(=NCC(C)Oc1ccccc1F)NC1CCN(Cc2ccccn2)CC1. The van der Waals surface area contributed by atoms with E-state index in [1.165, 1.54) is 6.07 Å². The Labute approximate surface area is 178 Å². The Bertz CT molecular complexity index is 793. The summed E-state index contributed by atoms with van der Waals surface area (Å²) in [5.41, 5.74) is 1.11. The molecule has 0 saturated carbocycles. The Morgan fingerprint density at radius 1 is 1.23 bits per heavy atom. The summed E-state index contributed by atoms with van der Waals surface area (Å²) in [5.74, 6) is 0.693. The second kappa shape index (κ2) is 11.5. The third-order valence-electron chi connectivity index (χ3n) is 5.06. The van der Waals surface area contributed by atoms with Gasteiger partial charge in [0.05, 0.1) is 12.2 Å². The molecule has 2 heterocycles. The molecule has 1 atom stereocenters. The number of nitrogens with one attached hydrogen (secondary N) is 2. The summed E-state index contributed by atoms with van der Waals surface area (Å²) in [4.78, 5) is 11.5. The molecule has 1 aliphatic rings. The van der Waals surface area contributed by atoms with Crippen LogP contribution < -0.4 is 15.4 Å². The summed E-state index contributed by atoms with van der Waals surface area (Å²) in [6, 6.07) is 12.9. The van der Waals surface area contributed by atoms with E-state index in [9.17, 15) is 4.39 Å². The molecule has 30 heavy (non-hydrogen) atoms. The number of guanidine groups is 1. The summed E-state index contributed by atoms with van der Waals surface area (Å²) in [6.45, 7) is 8.13. The molecule has 0 amide bonds. The first-order valence-corrected chi connectivity index (χ1v) is 10.7. The molecule has 0 radical (unpaired) electrons. The van der Waals surface area contributed by atoms with Crippen LogP contribution in [0.4, 0.5) is 4.39 Å². The maximum absolute atomic E-state index is 13.8. The average molecular weight is 414 g/mol. The second-order valence-corrected chi connectivity index (χ2v) is 7.59. The zero-order valence-corrected chi connectivity index (χ0v) is 17.9. The Morgan fingerprint density at radius 2 is 2.00 bits per heavy atom. The normalized spacial score (nSPS) is 16.8. The molecule has 1 unspecified atom stereocenters. The van der Waals surface area contributed by atoms with E-state index in [1.54, 1.807) is 18.2 Å². The summed E-state index contributed by atoms with van der Waals surface area (Å²) >= 11 is 0. The van der Waals surface area contributed by atoms with Crippen molar-refractivity contribution in [1.29, 1.82) is 0 Å². The van der Waals surface area contributed by atoms with Crippen molar-refractivity contribution in [3.63, 3.8) is 0 Å². The molecule has 7 heteroatoms. The highest BCUT2D eigenvalue weighted by molar-refractivity contribution is 5.80. The number of pyridine rings is 1. The van der Waals surface area contributed by atoms with Gasteiger partial charge in [-0.2, -0.15) is 0 Å². The Hall–Kier alpha value is -2.67. The van der Waals surface area contributed by atoms with Gasteiger partial charge in [0.1, 0.15) is 6.10 Å². The largest absolute Gasteiger partial charge is 0.486 e. The third kappa shape index (κ3) is 6.99. The molecule has 0 aliphatic carbocycles. The Balaban J connectivity index is 1.46. The smallest absolute Gasteiger partial charge is 0.191 e. The topological polar surface area (TPSA) is 61.8 Å². The number of ether oxygens (including phenoxy) is 1. The lowest BCUT2D eigenvalue weighted by Gasteiger charge is -2.33. The number of rotatable bonds is 8. The minimum absolute atomic E-state index is 0.224. The van der Waals surface area contributed by atoms with Crippen molar-refractivity contribution < 1.29 is 9.13 Å². The van der Waals surface area contributed by atoms with Crippen molar-refractivity contribution in [2.24, 2.45) is 4.99 Å². The molecule has 0 spiro atoms. The molecule has 2 N–H and O–H groups in total. The van der Waals surface area contributed by atoms with E-state index in [0.717, 1.165) is 50.7 Å². The van der Waals surface area contributed by atoms with Crippen LogP contribution in [-0.2, 0) is 6.54 Å². The van der Waals surface area contributed by atoms with Gasteiger partial charge in [-0.15, -0.1) is 0 Å². The molecular weight excluding hydrogens is 381 g/mol. The highest BCUT2D eigenvalue weighted by Gasteiger charge is 2.20. The van der Waals surface area contributed by atoms with Gasteiger partial charge in [-0.25, -0.2) is 9.38 Å². The van der Waals surface area contributed by atoms with Gasteiger partial charge in [-0.3, -0.25) is 9.88 Å². The van der Waals surface area contributed by atoms with E-state index in [1.807, 2.05) is 32.2 Å². The molecule has 2 aromatic rings. The first-order chi connectivity index (χ1) is 14.6. The number of para-hydroxylation sites is 1. The quantitative estimate of drug-likeness (QED) is 0.514. The van der Waals surface area contributed by atoms with E-state index in [4.69, 9.17) is 4.74 Å². The maximum Gasteiger partial charge on any atom is 0.191 e. The fourth-order valence-corrected chi connectivity index (χ4v) is 3.48. The van der Waals surface area contributed by atoms with E-state index in [2.05, 4.69) is 31.6 Å². The van der Waals surface area contributed by atoms with Gasteiger partial charge in [-0.1, -0.05) is 18.2 Å². The van der Waals surface area contributed by atoms with E-state index < -0.39 is 0 Å². The van der Waals surface area contributed by atoms with Crippen LogP contribution in [0.15, 0.2) is 53.7 Å². The van der Waals surface area contributed by atoms with Crippen LogP contribution in [0, 0.1) is 5.82 Å². The van der Waals surface area contributed by atoms with Crippen LogP contribution in [-0.4, -0.2) is 54.2 Å². The first kappa shape index (κ1) is 22.0. The predicted octanol–water partition coefficient (Wildman–Crippen LogP) is 3.21. The highest BCUT2D eigenvalue weighted by atomic mass is 19.1. The third-order valence-corrected chi connectivity index (χ3v) is 5.06. The highest BCUT2D eigenvalue weighted by Crippen LogP contribution is 2.17. The number of likely N-dealkylation sites (tertiary alicyclic amines) is 1. The monoisotopic (exact) mass is 413 g/mol. The summed E-state index contributed by atoms with van der Waals surface area (Å²) < 4.78 is 19.4. The van der Waals surface area contributed by atoms with Gasteiger partial charge >= 0.3 is 0 Å². The zero-order chi connectivity index (χ0) is 21.2. The van der Waals surface area contributed by atoms with E-state index in [0.29, 0.717) is 12.6 Å². The van der Waals surface area contributed by atoms with Crippen LogP contribution in [0.2, 0.25) is 0 Å².